The van der Waals surface area contributed by atoms with Gasteiger partial charge < -0.3 is 10.0 Å². The monoisotopic (exact) mass is 303 g/mol. The first-order valence-electron chi connectivity index (χ1n) is 5.31. The lowest BCUT2D eigenvalue weighted by Gasteiger charge is -2.29. The van der Waals surface area contributed by atoms with E-state index in [0.717, 1.165) is 12.8 Å². The summed E-state index contributed by atoms with van der Waals surface area (Å²) in [5, 5.41) is 8.86. The highest BCUT2D eigenvalue weighted by atomic mass is 79.9. The minimum Gasteiger partial charge on any atom is -0.465 e. The van der Waals surface area contributed by atoms with E-state index in [1.165, 1.54) is 19.1 Å². The Balaban J connectivity index is 2.01. The predicted molar refractivity (Wildman–Crippen MR) is 68.3 cm³/mol. The third kappa shape index (κ3) is 2.40. The predicted octanol–water partition coefficient (Wildman–Crippen LogP) is 3.68. The van der Waals surface area contributed by atoms with Crippen molar-refractivity contribution in [1.29, 1.82) is 0 Å². The van der Waals surface area contributed by atoms with Crippen LogP contribution in [0.1, 0.15) is 29.2 Å². The van der Waals surface area contributed by atoms with Crippen LogP contribution in [0, 0.1) is 6.92 Å². The molecule has 1 aliphatic rings. The molecule has 0 radical (unpaired) electrons. The van der Waals surface area contributed by atoms with Gasteiger partial charge in [0.25, 0.3) is 0 Å². The number of hydrogen-bond donors (Lipinski definition) is 1. The van der Waals surface area contributed by atoms with Gasteiger partial charge in [-0.25, -0.2) is 4.79 Å². The van der Waals surface area contributed by atoms with Crippen LogP contribution in [0.2, 0.25) is 0 Å². The zero-order chi connectivity index (χ0) is 11.7. The Kier molecular flexibility index (Phi) is 3.54. The van der Waals surface area contributed by atoms with E-state index in [4.69, 9.17) is 5.11 Å². The lowest BCUT2D eigenvalue weighted by molar-refractivity contribution is 0.132. The van der Waals surface area contributed by atoms with E-state index in [-0.39, 0.29) is 0 Å². The van der Waals surface area contributed by atoms with Crippen LogP contribution in [-0.4, -0.2) is 29.2 Å². The topological polar surface area (TPSA) is 40.5 Å². The molecule has 0 aliphatic carbocycles. The maximum absolute atomic E-state index is 10.8. The van der Waals surface area contributed by atoms with Gasteiger partial charge in [0.2, 0.25) is 0 Å². The van der Waals surface area contributed by atoms with E-state index in [2.05, 4.69) is 28.9 Å². The molecule has 1 aromatic heterocycles. The van der Waals surface area contributed by atoms with Crippen molar-refractivity contribution in [2.24, 2.45) is 0 Å². The number of likely N-dealkylation sites (tertiary alicyclic amines) is 1. The van der Waals surface area contributed by atoms with Crippen molar-refractivity contribution in [3.05, 3.63) is 20.3 Å². The fraction of sp³-hybridized carbons (Fsp3) is 0.545. The number of hydrogen-bond acceptors (Lipinski definition) is 2. The number of amides is 1. The Morgan fingerprint density at radius 1 is 1.56 bits per heavy atom. The molecule has 0 saturated carbocycles. The Hall–Kier alpha value is -0.550. The summed E-state index contributed by atoms with van der Waals surface area (Å²) in [7, 11) is 0. The van der Waals surface area contributed by atoms with E-state index in [9.17, 15) is 4.79 Å². The van der Waals surface area contributed by atoms with Gasteiger partial charge in [-0.05, 0) is 53.2 Å². The van der Waals surface area contributed by atoms with Crippen LogP contribution in [-0.2, 0) is 0 Å². The standard InChI is InChI=1S/C11H14BrNO2S/c1-7-6-9(16-10(7)12)8-2-4-13(5-3-8)11(14)15/h6,8H,2-5H2,1H3,(H,14,15). The molecular weight excluding hydrogens is 290 g/mol. The molecule has 16 heavy (non-hydrogen) atoms. The first-order chi connectivity index (χ1) is 7.58. The van der Waals surface area contributed by atoms with Crippen molar-refractivity contribution < 1.29 is 9.90 Å². The molecule has 2 rings (SSSR count). The van der Waals surface area contributed by atoms with Crippen LogP contribution < -0.4 is 0 Å². The van der Waals surface area contributed by atoms with Crippen LogP contribution in [0.4, 0.5) is 4.79 Å². The van der Waals surface area contributed by atoms with Gasteiger partial charge in [0.15, 0.2) is 0 Å². The van der Waals surface area contributed by atoms with Gasteiger partial charge in [0.1, 0.15) is 0 Å². The van der Waals surface area contributed by atoms with Gasteiger partial charge in [0.05, 0.1) is 3.79 Å². The average molecular weight is 304 g/mol. The molecule has 1 aliphatic heterocycles. The van der Waals surface area contributed by atoms with E-state index in [0.29, 0.717) is 19.0 Å². The van der Waals surface area contributed by atoms with Gasteiger partial charge in [-0.15, -0.1) is 11.3 Å². The summed E-state index contributed by atoms with van der Waals surface area (Å²) in [6.45, 7) is 3.42. The van der Waals surface area contributed by atoms with Gasteiger partial charge >= 0.3 is 6.09 Å². The zero-order valence-electron chi connectivity index (χ0n) is 9.07. The molecule has 1 aromatic rings. The quantitative estimate of drug-likeness (QED) is 0.860. The maximum atomic E-state index is 10.8. The molecule has 1 fully saturated rings. The van der Waals surface area contributed by atoms with Crippen LogP contribution in [0.25, 0.3) is 0 Å². The second-order valence-corrected chi connectivity index (χ2v) is 6.55. The summed E-state index contributed by atoms with van der Waals surface area (Å²) in [6, 6.07) is 2.22. The second-order valence-electron chi connectivity index (χ2n) is 4.15. The zero-order valence-corrected chi connectivity index (χ0v) is 11.5. The number of thiophene rings is 1. The number of rotatable bonds is 1. The number of carbonyl (C=O) groups is 1. The minimum atomic E-state index is -0.790. The molecule has 5 heteroatoms. The highest BCUT2D eigenvalue weighted by molar-refractivity contribution is 9.11. The molecular formula is C11H14BrNO2S. The number of aryl methyl sites for hydroxylation is 1. The van der Waals surface area contributed by atoms with E-state index in [1.54, 1.807) is 11.3 Å². The lowest BCUT2D eigenvalue weighted by Crippen LogP contribution is -2.36. The molecule has 0 spiro atoms. The van der Waals surface area contributed by atoms with Crippen molar-refractivity contribution in [1.82, 2.24) is 4.90 Å². The smallest absolute Gasteiger partial charge is 0.407 e. The summed E-state index contributed by atoms with van der Waals surface area (Å²) in [4.78, 5) is 13.7. The van der Waals surface area contributed by atoms with Gasteiger partial charge in [-0.1, -0.05) is 0 Å². The number of halogens is 1. The number of carboxylic acid groups (broad SMARTS) is 1. The number of piperidine rings is 1. The van der Waals surface area contributed by atoms with Crippen molar-refractivity contribution >= 4 is 33.4 Å². The molecule has 1 amide bonds. The molecule has 0 bridgehead atoms. The molecule has 0 aromatic carbocycles. The molecule has 1 N–H and O–H groups in total. The summed E-state index contributed by atoms with van der Waals surface area (Å²) in [5.41, 5.74) is 1.28. The van der Waals surface area contributed by atoms with E-state index in [1.807, 2.05) is 0 Å². The van der Waals surface area contributed by atoms with Crippen LogP contribution in [0.5, 0.6) is 0 Å². The Morgan fingerprint density at radius 2 is 2.19 bits per heavy atom. The largest absolute Gasteiger partial charge is 0.465 e. The van der Waals surface area contributed by atoms with Gasteiger partial charge in [0, 0.05) is 18.0 Å². The fourth-order valence-corrected chi connectivity index (χ4v) is 3.78. The molecule has 3 nitrogen and oxygen atoms in total. The first kappa shape index (κ1) is 11.9. The Bertz CT molecular complexity index is 377. The summed E-state index contributed by atoms with van der Waals surface area (Å²) in [6.07, 6.45) is 1.10. The lowest BCUT2D eigenvalue weighted by atomic mass is 9.95. The SMILES string of the molecule is Cc1cc(C2CCN(C(=O)O)CC2)sc1Br. The van der Waals surface area contributed by atoms with Crippen LogP contribution in [0.3, 0.4) is 0 Å². The Labute approximate surface area is 107 Å². The summed E-state index contributed by atoms with van der Waals surface area (Å²) < 4.78 is 1.20. The summed E-state index contributed by atoms with van der Waals surface area (Å²) in [5.74, 6) is 0.533. The van der Waals surface area contributed by atoms with Crippen molar-refractivity contribution in [2.45, 2.75) is 25.7 Å². The highest BCUT2D eigenvalue weighted by Gasteiger charge is 2.24. The third-order valence-electron chi connectivity index (χ3n) is 3.04. The maximum Gasteiger partial charge on any atom is 0.407 e. The van der Waals surface area contributed by atoms with Crippen molar-refractivity contribution in [3.63, 3.8) is 0 Å². The molecule has 0 atom stereocenters. The van der Waals surface area contributed by atoms with Gasteiger partial charge in [-0.3, -0.25) is 0 Å². The normalized spacial score (nSPS) is 17.8. The highest BCUT2D eigenvalue weighted by Crippen LogP contribution is 2.37. The first-order valence-corrected chi connectivity index (χ1v) is 6.92. The molecule has 88 valence electrons. The number of nitrogens with zero attached hydrogens (tertiary/aromatic N) is 1. The fourth-order valence-electron chi connectivity index (χ4n) is 2.04. The average Bonchev–Trinajstić information content (AvgIpc) is 2.59. The Morgan fingerprint density at radius 3 is 2.62 bits per heavy atom. The van der Waals surface area contributed by atoms with E-state index < -0.39 is 6.09 Å². The van der Waals surface area contributed by atoms with Gasteiger partial charge in [-0.2, -0.15) is 0 Å². The third-order valence-corrected chi connectivity index (χ3v) is 5.34. The van der Waals surface area contributed by atoms with Crippen LogP contribution in [0.15, 0.2) is 9.85 Å². The van der Waals surface area contributed by atoms with Crippen molar-refractivity contribution in [3.8, 4) is 0 Å². The second kappa shape index (κ2) is 4.75. The van der Waals surface area contributed by atoms with Crippen LogP contribution >= 0.6 is 27.3 Å². The molecule has 1 saturated heterocycles. The molecule has 2 heterocycles. The minimum absolute atomic E-state index is 0.533. The van der Waals surface area contributed by atoms with Crippen molar-refractivity contribution in [2.75, 3.05) is 13.1 Å². The van der Waals surface area contributed by atoms with E-state index >= 15 is 0 Å². The molecule has 0 unspecified atom stereocenters. The summed E-state index contributed by atoms with van der Waals surface area (Å²) >= 11 is 5.31.